The van der Waals surface area contributed by atoms with E-state index in [1.165, 1.54) is 11.3 Å². The van der Waals surface area contributed by atoms with Gasteiger partial charge in [-0.3, -0.25) is 9.36 Å². The van der Waals surface area contributed by atoms with Gasteiger partial charge in [0.25, 0.3) is 0 Å². The van der Waals surface area contributed by atoms with Crippen molar-refractivity contribution in [2.24, 2.45) is 10.9 Å². The summed E-state index contributed by atoms with van der Waals surface area (Å²) in [5, 5.41) is 16.5. The predicted molar refractivity (Wildman–Crippen MR) is 81.6 cm³/mol. The molecule has 0 bridgehead atoms. The predicted octanol–water partition coefficient (Wildman–Crippen LogP) is 2.22. The zero-order valence-electron chi connectivity index (χ0n) is 11.2. The van der Waals surface area contributed by atoms with Crippen molar-refractivity contribution in [1.29, 1.82) is 10.5 Å². The highest BCUT2D eigenvalue weighted by Gasteiger charge is 2.09. The summed E-state index contributed by atoms with van der Waals surface area (Å²) in [5.74, 6) is 5.09. The van der Waals surface area contributed by atoms with Gasteiger partial charge >= 0.3 is 4.87 Å². The highest BCUT2D eigenvalue weighted by molar-refractivity contribution is 7.16. The molecule has 0 radical (unpaired) electrons. The quantitative estimate of drug-likeness (QED) is 0.519. The highest BCUT2D eigenvalue weighted by atomic mass is 32.1. The van der Waals surface area contributed by atoms with E-state index in [9.17, 15) is 4.79 Å². The van der Waals surface area contributed by atoms with Gasteiger partial charge in [-0.05, 0) is 31.5 Å². The molecule has 1 heterocycles. The van der Waals surface area contributed by atoms with Crippen molar-refractivity contribution in [2.45, 2.75) is 19.9 Å². The molecule has 104 valence electrons. The minimum absolute atomic E-state index is 0.0758. The summed E-state index contributed by atoms with van der Waals surface area (Å²) in [6.07, 6.45) is 1.57. The van der Waals surface area contributed by atoms with Gasteiger partial charge in [0, 0.05) is 19.2 Å². The topological polar surface area (TPSA) is 108 Å². The minimum Gasteiger partial charge on any atom is -0.323 e. The standard InChI is InChI=1S/C11H13N3OS.2CHN/c1-7(2)14-9-4-3-8(6-13-12)5-10(9)16-11(14)15;2*1-2/h3-7H,12H2,1-2H3;2*1H. The summed E-state index contributed by atoms with van der Waals surface area (Å²) in [7, 11) is 0. The second-order valence-electron chi connectivity index (χ2n) is 3.84. The maximum absolute atomic E-state index is 11.8. The molecule has 0 fully saturated rings. The van der Waals surface area contributed by atoms with Crippen molar-refractivity contribution in [3.63, 3.8) is 0 Å². The van der Waals surface area contributed by atoms with Crippen molar-refractivity contribution >= 4 is 27.8 Å². The van der Waals surface area contributed by atoms with Crippen molar-refractivity contribution < 1.29 is 0 Å². The Morgan fingerprint density at radius 1 is 1.35 bits per heavy atom. The largest absolute Gasteiger partial charge is 0.323 e. The van der Waals surface area contributed by atoms with Crippen LogP contribution in [0.3, 0.4) is 0 Å². The Hall–Kier alpha value is -2.64. The normalized spacial score (nSPS) is 9.75. The monoisotopic (exact) mass is 289 g/mol. The number of hydrogen-bond acceptors (Lipinski definition) is 6. The molecular weight excluding hydrogens is 274 g/mol. The third-order valence-corrected chi connectivity index (χ3v) is 3.30. The number of aromatic nitrogens is 1. The summed E-state index contributed by atoms with van der Waals surface area (Å²) in [6.45, 7) is 11.0. The lowest BCUT2D eigenvalue weighted by Gasteiger charge is -2.06. The lowest BCUT2D eigenvalue weighted by Crippen LogP contribution is -2.14. The average Bonchev–Trinajstić information content (AvgIpc) is 2.79. The number of hydrazone groups is 1. The van der Waals surface area contributed by atoms with Crippen molar-refractivity contribution in [3.8, 4) is 13.1 Å². The van der Waals surface area contributed by atoms with E-state index in [2.05, 4.69) is 18.2 Å². The van der Waals surface area contributed by atoms with E-state index in [0.29, 0.717) is 0 Å². The Bertz CT molecular complexity index is 672. The van der Waals surface area contributed by atoms with Gasteiger partial charge < -0.3 is 5.84 Å². The fraction of sp³-hybridized carbons (Fsp3) is 0.231. The van der Waals surface area contributed by atoms with Gasteiger partial charge in [0.1, 0.15) is 0 Å². The van der Waals surface area contributed by atoms with Crippen LogP contribution in [0.1, 0.15) is 25.5 Å². The van der Waals surface area contributed by atoms with Crippen LogP contribution in [0, 0.1) is 23.7 Å². The third-order valence-electron chi connectivity index (χ3n) is 2.38. The van der Waals surface area contributed by atoms with E-state index < -0.39 is 0 Å². The van der Waals surface area contributed by atoms with Gasteiger partial charge in [-0.1, -0.05) is 17.4 Å². The Morgan fingerprint density at radius 2 is 1.95 bits per heavy atom. The molecule has 1 aromatic carbocycles. The minimum atomic E-state index is 0.0758. The molecule has 2 N–H and O–H groups in total. The molecule has 7 heteroatoms. The summed E-state index contributed by atoms with van der Waals surface area (Å²) in [6, 6.07) is 5.94. The average molecular weight is 289 g/mol. The molecule has 0 aliphatic carbocycles. The Kier molecular flexibility index (Phi) is 7.34. The number of thiazole rings is 1. The highest BCUT2D eigenvalue weighted by Crippen LogP contribution is 2.21. The molecule has 0 aliphatic rings. The number of nitrogens with two attached hydrogens (primary N) is 1. The van der Waals surface area contributed by atoms with Gasteiger partial charge in [0.2, 0.25) is 0 Å². The van der Waals surface area contributed by atoms with Crippen LogP contribution in [-0.2, 0) is 0 Å². The first kappa shape index (κ1) is 17.4. The van der Waals surface area contributed by atoms with Crippen molar-refractivity contribution in [2.75, 3.05) is 0 Å². The van der Waals surface area contributed by atoms with Crippen LogP contribution in [0.25, 0.3) is 10.2 Å². The van der Waals surface area contributed by atoms with Crippen LogP contribution in [0.15, 0.2) is 28.1 Å². The molecule has 0 saturated heterocycles. The van der Waals surface area contributed by atoms with E-state index in [1.54, 1.807) is 10.8 Å². The zero-order valence-corrected chi connectivity index (χ0v) is 12.0. The molecule has 0 atom stereocenters. The number of fused-ring (bicyclic) bond motifs is 1. The van der Waals surface area contributed by atoms with Crippen LogP contribution in [0.2, 0.25) is 0 Å². The number of rotatable bonds is 2. The molecular formula is C13H15N5OS. The maximum atomic E-state index is 11.8. The molecule has 0 unspecified atom stereocenters. The zero-order chi connectivity index (χ0) is 15.7. The summed E-state index contributed by atoms with van der Waals surface area (Å²) >= 11 is 1.25. The summed E-state index contributed by atoms with van der Waals surface area (Å²) < 4.78 is 2.76. The van der Waals surface area contributed by atoms with Gasteiger partial charge in [-0.25, -0.2) is 10.5 Å². The molecule has 2 aromatic rings. The van der Waals surface area contributed by atoms with Gasteiger partial charge in [0.15, 0.2) is 0 Å². The number of nitrogens with zero attached hydrogens (tertiary/aromatic N) is 4. The molecule has 2 rings (SSSR count). The van der Waals surface area contributed by atoms with Crippen LogP contribution < -0.4 is 10.7 Å². The molecule has 0 saturated carbocycles. The van der Waals surface area contributed by atoms with Crippen LogP contribution in [-0.4, -0.2) is 10.8 Å². The smallest absolute Gasteiger partial charge is 0.308 e. The first-order chi connectivity index (χ1) is 9.63. The fourth-order valence-corrected chi connectivity index (χ4v) is 2.77. The lowest BCUT2D eigenvalue weighted by atomic mass is 10.2. The summed E-state index contributed by atoms with van der Waals surface area (Å²) in [5.41, 5.74) is 1.88. The Morgan fingerprint density at radius 3 is 2.45 bits per heavy atom. The molecule has 0 aliphatic heterocycles. The van der Waals surface area contributed by atoms with Crippen molar-refractivity contribution in [1.82, 2.24) is 4.57 Å². The summed E-state index contributed by atoms with van der Waals surface area (Å²) in [4.78, 5) is 11.8. The molecule has 0 amide bonds. The molecule has 1 aromatic heterocycles. The van der Waals surface area contributed by atoms with Gasteiger partial charge in [-0.15, -0.1) is 0 Å². The Labute approximate surface area is 121 Å². The number of benzene rings is 1. The molecule has 20 heavy (non-hydrogen) atoms. The Balaban J connectivity index is 0.000000829. The van der Waals surface area contributed by atoms with Crippen LogP contribution in [0.5, 0.6) is 0 Å². The second-order valence-corrected chi connectivity index (χ2v) is 4.83. The van der Waals surface area contributed by atoms with E-state index in [0.717, 1.165) is 15.8 Å². The van der Waals surface area contributed by atoms with E-state index in [4.69, 9.17) is 16.4 Å². The van der Waals surface area contributed by atoms with Crippen molar-refractivity contribution in [3.05, 3.63) is 33.4 Å². The SMILES string of the molecule is C#N.C#N.CC(C)n1c(=O)sc2cc(C=NN)ccc21. The first-order valence-electron chi connectivity index (χ1n) is 5.53. The number of nitriles is 2. The first-order valence-corrected chi connectivity index (χ1v) is 6.35. The van der Waals surface area contributed by atoms with E-state index >= 15 is 0 Å². The van der Waals surface area contributed by atoms with E-state index in [-0.39, 0.29) is 10.9 Å². The molecule has 0 spiro atoms. The van der Waals surface area contributed by atoms with Crippen LogP contribution >= 0.6 is 11.3 Å². The second kappa shape index (κ2) is 8.46. The fourth-order valence-electron chi connectivity index (χ4n) is 1.71. The van der Waals surface area contributed by atoms with Gasteiger partial charge in [0.05, 0.1) is 16.4 Å². The third kappa shape index (κ3) is 3.67. The lowest BCUT2D eigenvalue weighted by molar-refractivity contribution is 0.611. The molecule has 6 nitrogen and oxygen atoms in total. The van der Waals surface area contributed by atoms with Gasteiger partial charge in [-0.2, -0.15) is 5.10 Å². The maximum Gasteiger partial charge on any atom is 0.308 e. The van der Waals surface area contributed by atoms with E-state index in [1.807, 2.05) is 32.0 Å². The number of hydrogen-bond donors (Lipinski definition) is 1. The van der Waals surface area contributed by atoms with Crippen LogP contribution in [0.4, 0.5) is 0 Å².